The zero-order valence-electron chi connectivity index (χ0n) is 30.4. The minimum atomic E-state index is -0.679. The molecule has 5 aromatic rings. The number of aromatic nitrogens is 4. The summed E-state index contributed by atoms with van der Waals surface area (Å²) in [5, 5.41) is 8.56. The smallest absolute Gasteiger partial charge is 0.407 e. The second-order valence-corrected chi connectivity index (χ2v) is 14.7. The van der Waals surface area contributed by atoms with E-state index in [1.807, 2.05) is 24.9 Å². The molecule has 2 saturated heterocycles. The summed E-state index contributed by atoms with van der Waals surface area (Å²) in [6, 6.07) is 14.3. The molecule has 0 bridgehead atoms. The maximum atomic E-state index is 14.0. The summed E-state index contributed by atoms with van der Waals surface area (Å²) in [5.41, 5.74) is 7.15. The summed E-state index contributed by atoms with van der Waals surface area (Å²) in [6.45, 7) is 8.17. The minimum absolute atomic E-state index is 0.0124. The molecule has 12 heteroatoms. The van der Waals surface area contributed by atoms with Crippen LogP contribution in [0.25, 0.3) is 44.2 Å². The predicted octanol–water partition coefficient (Wildman–Crippen LogP) is 6.79. The molecule has 3 aliphatic heterocycles. The third-order valence-corrected chi connectivity index (χ3v) is 11.4. The second kappa shape index (κ2) is 13.9. The van der Waals surface area contributed by atoms with Crippen molar-refractivity contribution >= 4 is 33.8 Å². The third kappa shape index (κ3) is 6.07. The highest BCUT2D eigenvalue weighted by atomic mass is 16.5. The Bertz CT molecular complexity index is 2140. The van der Waals surface area contributed by atoms with E-state index in [4.69, 9.17) is 24.2 Å². The number of aromatic amines is 2. The van der Waals surface area contributed by atoms with Crippen LogP contribution in [0.15, 0.2) is 48.7 Å². The lowest BCUT2D eigenvalue weighted by Gasteiger charge is -2.33. The Morgan fingerprint density at radius 3 is 2.75 bits per heavy atom. The van der Waals surface area contributed by atoms with Gasteiger partial charge in [0.25, 0.3) is 0 Å². The molecule has 3 aliphatic rings. The molecule has 2 amide bonds. The van der Waals surface area contributed by atoms with Crippen LogP contribution in [0, 0.1) is 11.8 Å². The number of nitrogens with one attached hydrogen (secondary N) is 4. The summed E-state index contributed by atoms with van der Waals surface area (Å²) in [4.78, 5) is 44.9. The Labute approximate surface area is 303 Å². The van der Waals surface area contributed by atoms with Crippen molar-refractivity contribution in [3.63, 3.8) is 0 Å². The first-order chi connectivity index (χ1) is 25.3. The molecule has 0 saturated carbocycles. The van der Waals surface area contributed by atoms with Crippen molar-refractivity contribution in [1.82, 2.24) is 35.5 Å². The van der Waals surface area contributed by atoms with Gasteiger partial charge in [-0.3, -0.25) is 4.79 Å². The van der Waals surface area contributed by atoms with Gasteiger partial charge < -0.3 is 39.7 Å². The summed E-state index contributed by atoms with van der Waals surface area (Å²) in [6.07, 6.45) is 4.61. The number of amides is 2. The van der Waals surface area contributed by atoms with Gasteiger partial charge in [0.1, 0.15) is 30.0 Å². The van der Waals surface area contributed by atoms with Crippen molar-refractivity contribution in [2.75, 3.05) is 27.4 Å². The highest BCUT2D eigenvalue weighted by molar-refractivity contribution is 6.07. The maximum Gasteiger partial charge on any atom is 0.407 e. The molecule has 6 atom stereocenters. The first-order valence-electron chi connectivity index (χ1n) is 18.4. The SMILES string of the molecule is CCC(C)C(NC(=O)OC)C(=O)N1C(C)CCC1c1ncc(-c2ccc3c(c2)COc2cc4c(ccc5[nH]c(C6CC(COC)CN6)nc54)cc2-3)[nH]1. The normalized spacial score (nSPS) is 22.2. The molecule has 6 unspecified atom stereocenters. The number of rotatable bonds is 9. The number of ether oxygens (including phenoxy) is 3. The van der Waals surface area contributed by atoms with Gasteiger partial charge in [0, 0.05) is 30.6 Å². The highest BCUT2D eigenvalue weighted by Crippen LogP contribution is 2.43. The molecular weight excluding hydrogens is 658 g/mol. The number of carbonyl (C=O) groups is 2. The fourth-order valence-corrected chi connectivity index (χ4v) is 8.32. The van der Waals surface area contributed by atoms with Gasteiger partial charge in [-0.2, -0.15) is 0 Å². The van der Waals surface area contributed by atoms with Crippen molar-refractivity contribution in [3.8, 4) is 28.1 Å². The Balaban J connectivity index is 1.04. The number of fused-ring (bicyclic) bond motifs is 6. The number of hydrogen-bond donors (Lipinski definition) is 4. The quantitative estimate of drug-likeness (QED) is 0.131. The van der Waals surface area contributed by atoms with Crippen LogP contribution in [0.2, 0.25) is 0 Å². The molecule has 8 rings (SSSR count). The molecular formula is C40H47N7O5. The van der Waals surface area contributed by atoms with E-state index in [2.05, 4.69) is 70.0 Å². The van der Waals surface area contributed by atoms with Crippen LogP contribution in [0.3, 0.4) is 0 Å². The molecule has 52 heavy (non-hydrogen) atoms. The van der Waals surface area contributed by atoms with Crippen molar-refractivity contribution in [2.45, 2.75) is 77.2 Å². The zero-order valence-corrected chi connectivity index (χ0v) is 30.4. The van der Waals surface area contributed by atoms with E-state index < -0.39 is 12.1 Å². The highest BCUT2D eigenvalue weighted by Gasteiger charge is 2.41. The molecule has 2 fully saturated rings. The molecule has 0 aliphatic carbocycles. The van der Waals surface area contributed by atoms with Gasteiger partial charge in [0.15, 0.2) is 0 Å². The van der Waals surface area contributed by atoms with Crippen LogP contribution in [-0.4, -0.2) is 76.3 Å². The van der Waals surface area contributed by atoms with E-state index in [-0.39, 0.29) is 30.0 Å². The summed E-state index contributed by atoms with van der Waals surface area (Å²) in [7, 11) is 3.07. The number of imidazole rings is 2. The van der Waals surface area contributed by atoms with Crippen LogP contribution in [-0.2, 0) is 20.9 Å². The molecule has 0 radical (unpaired) electrons. The van der Waals surface area contributed by atoms with Gasteiger partial charge in [0.2, 0.25) is 5.91 Å². The van der Waals surface area contributed by atoms with Gasteiger partial charge >= 0.3 is 6.09 Å². The second-order valence-electron chi connectivity index (χ2n) is 14.7. The molecule has 0 spiro atoms. The Hall–Kier alpha value is -4.94. The molecule has 3 aromatic carbocycles. The lowest BCUT2D eigenvalue weighted by Crippen LogP contribution is -2.53. The molecule has 12 nitrogen and oxygen atoms in total. The standard InChI is InChI=1S/C40H47N7O5/c1-6-21(2)35(46-40(49)51-5)39(48)47-22(3)7-12-33(47)38-42-18-32(44-38)25-8-10-27-26(14-25)20-52-34-16-28-24(15-29(27)34)9-11-30-36(28)45-37(43-30)31-13-23(17-41-31)19-50-4/h8-11,14-16,18,21-23,31,33,35,41H,6-7,12-13,17,19-20H2,1-5H3,(H,42,44)(H,43,45)(H,46,49). The van der Waals surface area contributed by atoms with E-state index >= 15 is 0 Å². The van der Waals surface area contributed by atoms with E-state index in [1.54, 1.807) is 7.11 Å². The monoisotopic (exact) mass is 705 g/mol. The molecule has 2 aromatic heterocycles. The van der Waals surface area contributed by atoms with Crippen molar-refractivity contribution in [2.24, 2.45) is 11.8 Å². The van der Waals surface area contributed by atoms with Gasteiger partial charge in [-0.15, -0.1) is 0 Å². The van der Waals surface area contributed by atoms with Crippen LogP contribution in [0.1, 0.15) is 75.8 Å². The lowest BCUT2D eigenvalue weighted by molar-refractivity contribution is -0.137. The number of likely N-dealkylation sites (tertiary alicyclic amines) is 1. The topological polar surface area (TPSA) is 146 Å². The molecule has 4 N–H and O–H groups in total. The van der Waals surface area contributed by atoms with E-state index in [1.165, 1.54) is 7.11 Å². The van der Waals surface area contributed by atoms with E-state index in [9.17, 15) is 9.59 Å². The van der Waals surface area contributed by atoms with Crippen LogP contribution in [0.5, 0.6) is 5.75 Å². The van der Waals surface area contributed by atoms with Gasteiger partial charge in [0.05, 0.1) is 48.7 Å². The average Bonchev–Trinajstić information content (AvgIpc) is 3.98. The number of alkyl carbamates (subject to hydrolysis) is 1. The first-order valence-corrected chi connectivity index (χ1v) is 18.4. The number of carbonyl (C=O) groups excluding carboxylic acids is 2. The average molecular weight is 706 g/mol. The molecule has 5 heterocycles. The Morgan fingerprint density at radius 2 is 1.94 bits per heavy atom. The lowest BCUT2D eigenvalue weighted by atomic mass is 9.92. The maximum absolute atomic E-state index is 14.0. The van der Waals surface area contributed by atoms with Gasteiger partial charge in [-0.1, -0.05) is 38.5 Å². The first kappa shape index (κ1) is 34.2. The third-order valence-electron chi connectivity index (χ3n) is 11.4. The summed E-state index contributed by atoms with van der Waals surface area (Å²) >= 11 is 0. The minimum Gasteiger partial charge on any atom is -0.488 e. The number of benzene rings is 3. The van der Waals surface area contributed by atoms with Crippen LogP contribution in [0.4, 0.5) is 4.79 Å². The predicted molar refractivity (Wildman–Crippen MR) is 199 cm³/mol. The largest absolute Gasteiger partial charge is 0.488 e. The number of nitrogens with zero attached hydrogens (tertiary/aromatic N) is 3. The number of hydrogen-bond acceptors (Lipinski definition) is 8. The van der Waals surface area contributed by atoms with Gasteiger partial charge in [-0.25, -0.2) is 14.8 Å². The van der Waals surface area contributed by atoms with Crippen molar-refractivity contribution in [1.29, 1.82) is 0 Å². The van der Waals surface area contributed by atoms with E-state index in [0.717, 1.165) is 106 Å². The van der Waals surface area contributed by atoms with Crippen molar-refractivity contribution in [3.05, 3.63) is 65.9 Å². The Morgan fingerprint density at radius 1 is 1.08 bits per heavy atom. The molecule has 272 valence electrons. The summed E-state index contributed by atoms with van der Waals surface area (Å²) in [5.74, 6) is 2.88. The Kier molecular flexibility index (Phi) is 9.12. The fourth-order valence-electron chi connectivity index (χ4n) is 8.32. The van der Waals surface area contributed by atoms with E-state index in [0.29, 0.717) is 12.5 Å². The van der Waals surface area contributed by atoms with Gasteiger partial charge in [-0.05, 0) is 84.4 Å². The van der Waals surface area contributed by atoms with Crippen LogP contribution >= 0.6 is 0 Å². The fraction of sp³-hybridized carbons (Fsp3) is 0.450. The number of methoxy groups -OCH3 is 2. The zero-order chi connectivity index (χ0) is 36.1. The van der Waals surface area contributed by atoms with Crippen LogP contribution < -0.4 is 15.4 Å². The van der Waals surface area contributed by atoms with Crippen molar-refractivity contribution < 1.29 is 23.8 Å². The summed E-state index contributed by atoms with van der Waals surface area (Å²) < 4.78 is 16.6. The number of H-pyrrole nitrogens is 2.